The lowest BCUT2D eigenvalue weighted by molar-refractivity contribution is -0.137. The molecule has 1 aromatic carbocycles. The molecule has 2 N–H and O–H groups in total. The minimum atomic E-state index is -0.930. The Labute approximate surface area is 111 Å². The van der Waals surface area contributed by atoms with Gasteiger partial charge in [-0.15, -0.1) is 0 Å². The van der Waals surface area contributed by atoms with Crippen molar-refractivity contribution in [3.05, 3.63) is 35.6 Å². The number of rotatable bonds is 7. The monoisotopic (exact) mass is 267 g/mol. The summed E-state index contributed by atoms with van der Waals surface area (Å²) in [5, 5.41) is 11.4. The van der Waals surface area contributed by atoms with Crippen molar-refractivity contribution in [2.24, 2.45) is 0 Å². The zero-order valence-corrected chi connectivity index (χ0v) is 10.9. The summed E-state index contributed by atoms with van der Waals surface area (Å²) < 4.78 is 12.7. The summed E-state index contributed by atoms with van der Waals surface area (Å²) >= 11 is 0. The largest absolute Gasteiger partial charge is 0.481 e. The lowest BCUT2D eigenvalue weighted by Crippen LogP contribution is -2.37. The van der Waals surface area contributed by atoms with Crippen LogP contribution in [0, 0.1) is 5.82 Å². The van der Waals surface area contributed by atoms with Crippen molar-refractivity contribution >= 4 is 11.9 Å². The van der Waals surface area contributed by atoms with E-state index in [1.54, 1.807) is 12.1 Å². The van der Waals surface area contributed by atoms with E-state index in [2.05, 4.69) is 5.32 Å². The molecule has 0 heterocycles. The van der Waals surface area contributed by atoms with E-state index in [0.29, 0.717) is 12.0 Å². The Hall–Kier alpha value is -1.91. The first kappa shape index (κ1) is 15.1. The van der Waals surface area contributed by atoms with Crippen LogP contribution in [0.1, 0.15) is 31.7 Å². The molecular formula is C14H18FNO3. The zero-order valence-electron chi connectivity index (χ0n) is 10.9. The topological polar surface area (TPSA) is 66.4 Å². The Morgan fingerprint density at radius 3 is 2.47 bits per heavy atom. The van der Waals surface area contributed by atoms with Gasteiger partial charge in [0, 0.05) is 6.04 Å². The number of halogens is 1. The Bertz CT molecular complexity index is 431. The van der Waals surface area contributed by atoms with Gasteiger partial charge in [0.2, 0.25) is 5.91 Å². The molecule has 1 rings (SSSR count). The molecule has 0 saturated carbocycles. The summed E-state index contributed by atoms with van der Waals surface area (Å²) in [6.07, 6.45) is 1.47. The molecule has 5 heteroatoms. The van der Waals surface area contributed by atoms with Crippen LogP contribution in [-0.4, -0.2) is 23.0 Å². The lowest BCUT2D eigenvalue weighted by atomic mass is 10.1. The SMILES string of the molecule is CCCC(CC(=O)O)NC(=O)Cc1ccc(F)cc1. The van der Waals surface area contributed by atoms with Gasteiger partial charge < -0.3 is 10.4 Å². The number of carboxylic acids is 1. The molecule has 0 aliphatic carbocycles. The average Bonchev–Trinajstić information content (AvgIpc) is 2.31. The second kappa shape index (κ2) is 7.51. The van der Waals surface area contributed by atoms with Gasteiger partial charge in [0.15, 0.2) is 0 Å². The second-order valence-electron chi connectivity index (χ2n) is 4.45. The lowest BCUT2D eigenvalue weighted by Gasteiger charge is -2.16. The van der Waals surface area contributed by atoms with E-state index in [0.717, 1.165) is 6.42 Å². The number of amides is 1. The molecule has 0 radical (unpaired) electrons. The first-order valence-electron chi connectivity index (χ1n) is 6.27. The van der Waals surface area contributed by atoms with E-state index in [-0.39, 0.29) is 30.6 Å². The van der Waals surface area contributed by atoms with Gasteiger partial charge in [-0.05, 0) is 24.1 Å². The van der Waals surface area contributed by atoms with Crippen molar-refractivity contribution in [2.75, 3.05) is 0 Å². The molecule has 0 spiro atoms. The van der Waals surface area contributed by atoms with Crippen molar-refractivity contribution < 1.29 is 19.1 Å². The molecule has 104 valence electrons. The molecule has 0 saturated heterocycles. The van der Waals surface area contributed by atoms with E-state index in [4.69, 9.17) is 5.11 Å². The predicted molar refractivity (Wildman–Crippen MR) is 69.2 cm³/mol. The van der Waals surface area contributed by atoms with Gasteiger partial charge in [0.25, 0.3) is 0 Å². The fraction of sp³-hybridized carbons (Fsp3) is 0.429. The Morgan fingerprint density at radius 2 is 1.95 bits per heavy atom. The van der Waals surface area contributed by atoms with Crippen molar-refractivity contribution in [3.8, 4) is 0 Å². The van der Waals surface area contributed by atoms with Gasteiger partial charge in [0.1, 0.15) is 5.82 Å². The van der Waals surface area contributed by atoms with Crippen LogP contribution in [-0.2, 0) is 16.0 Å². The summed E-state index contributed by atoms with van der Waals surface area (Å²) in [5.41, 5.74) is 0.699. The maximum Gasteiger partial charge on any atom is 0.305 e. The van der Waals surface area contributed by atoms with Crippen LogP contribution in [0.4, 0.5) is 4.39 Å². The fourth-order valence-corrected chi connectivity index (χ4v) is 1.85. The maximum absolute atomic E-state index is 12.7. The van der Waals surface area contributed by atoms with Crippen molar-refractivity contribution in [2.45, 2.75) is 38.6 Å². The molecule has 0 aromatic heterocycles. The van der Waals surface area contributed by atoms with E-state index >= 15 is 0 Å². The zero-order chi connectivity index (χ0) is 14.3. The van der Waals surface area contributed by atoms with E-state index in [9.17, 15) is 14.0 Å². The first-order chi connectivity index (χ1) is 9.01. The number of carbonyl (C=O) groups excluding carboxylic acids is 1. The van der Waals surface area contributed by atoms with E-state index < -0.39 is 5.97 Å². The normalized spacial score (nSPS) is 11.9. The number of carboxylic acid groups (broad SMARTS) is 1. The number of nitrogens with one attached hydrogen (secondary N) is 1. The van der Waals surface area contributed by atoms with Gasteiger partial charge >= 0.3 is 5.97 Å². The molecule has 1 unspecified atom stereocenters. The molecule has 1 atom stereocenters. The number of hydrogen-bond acceptors (Lipinski definition) is 2. The molecule has 1 amide bonds. The van der Waals surface area contributed by atoms with Crippen LogP contribution >= 0.6 is 0 Å². The van der Waals surface area contributed by atoms with Gasteiger partial charge in [-0.1, -0.05) is 25.5 Å². The highest BCUT2D eigenvalue weighted by Gasteiger charge is 2.15. The van der Waals surface area contributed by atoms with Crippen LogP contribution in [0.25, 0.3) is 0 Å². The third-order valence-corrected chi connectivity index (χ3v) is 2.70. The number of hydrogen-bond donors (Lipinski definition) is 2. The highest BCUT2D eigenvalue weighted by molar-refractivity contribution is 5.79. The van der Waals surface area contributed by atoms with Crippen LogP contribution in [0.15, 0.2) is 24.3 Å². The Balaban J connectivity index is 2.52. The third-order valence-electron chi connectivity index (χ3n) is 2.70. The van der Waals surface area contributed by atoms with Crippen molar-refractivity contribution in [3.63, 3.8) is 0 Å². The minimum Gasteiger partial charge on any atom is -0.481 e. The highest BCUT2D eigenvalue weighted by Crippen LogP contribution is 2.06. The molecular weight excluding hydrogens is 249 g/mol. The Morgan fingerprint density at radius 1 is 1.32 bits per heavy atom. The molecule has 0 bridgehead atoms. The van der Waals surface area contributed by atoms with E-state index in [1.807, 2.05) is 6.92 Å². The predicted octanol–water partition coefficient (Wildman–Crippen LogP) is 2.13. The smallest absolute Gasteiger partial charge is 0.305 e. The van der Waals surface area contributed by atoms with Crippen LogP contribution in [0.3, 0.4) is 0 Å². The van der Waals surface area contributed by atoms with Gasteiger partial charge in [0.05, 0.1) is 12.8 Å². The number of aliphatic carboxylic acids is 1. The highest BCUT2D eigenvalue weighted by atomic mass is 19.1. The van der Waals surface area contributed by atoms with Crippen molar-refractivity contribution in [1.82, 2.24) is 5.32 Å². The fourth-order valence-electron chi connectivity index (χ4n) is 1.85. The molecule has 0 fully saturated rings. The summed E-state index contributed by atoms with van der Waals surface area (Å²) in [5.74, 6) is -1.52. The minimum absolute atomic E-state index is 0.0804. The van der Waals surface area contributed by atoms with Gasteiger partial charge in [-0.3, -0.25) is 9.59 Å². The third kappa shape index (κ3) is 5.99. The maximum atomic E-state index is 12.7. The van der Waals surface area contributed by atoms with Crippen LogP contribution in [0.2, 0.25) is 0 Å². The number of benzene rings is 1. The average molecular weight is 267 g/mol. The number of carbonyl (C=O) groups is 2. The summed E-state index contributed by atoms with van der Waals surface area (Å²) in [6, 6.07) is 5.32. The second-order valence-corrected chi connectivity index (χ2v) is 4.45. The summed E-state index contributed by atoms with van der Waals surface area (Å²) in [6.45, 7) is 1.93. The standard InChI is InChI=1S/C14H18FNO3/c1-2-3-12(9-14(18)19)16-13(17)8-10-4-6-11(15)7-5-10/h4-7,12H,2-3,8-9H2,1H3,(H,16,17)(H,18,19). The Kier molecular flexibility index (Phi) is 5.99. The summed E-state index contributed by atoms with van der Waals surface area (Å²) in [7, 11) is 0. The van der Waals surface area contributed by atoms with E-state index in [1.165, 1.54) is 12.1 Å². The first-order valence-corrected chi connectivity index (χ1v) is 6.27. The molecule has 19 heavy (non-hydrogen) atoms. The molecule has 4 nitrogen and oxygen atoms in total. The van der Waals surface area contributed by atoms with Gasteiger partial charge in [-0.25, -0.2) is 4.39 Å². The molecule has 0 aliphatic rings. The van der Waals surface area contributed by atoms with Crippen LogP contribution < -0.4 is 5.32 Å². The van der Waals surface area contributed by atoms with Gasteiger partial charge in [-0.2, -0.15) is 0 Å². The molecule has 1 aromatic rings. The molecule has 0 aliphatic heterocycles. The quantitative estimate of drug-likeness (QED) is 0.795. The van der Waals surface area contributed by atoms with Crippen molar-refractivity contribution in [1.29, 1.82) is 0 Å². The van der Waals surface area contributed by atoms with Crippen LogP contribution in [0.5, 0.6) is 0 Å². The summed E-state index contributed by atoms with van der Waals surface area (Å²) in [4.78, 5) is 22.4.